The fourth-order valence-corrected chi connectivity index (χ4v) is 2.15. The lowest BCUT2D eigenvalue weighted by Gasteiger charge is -2.16. The zero-order chi connectivity index (χ0) is 14.0. The van der Waals surface area contributed by atoms with Gasteiger partial charge in [0.05, 0.1) is 26.7 Å². The molecule has 0 unspecified atom stereocenters. The zero-order valence-corrected chi connectivity index (χ0v) is 11.7. The number of methoxy groups -OCH3 is 3. The molecular weight excluding hydrogens is 264 g/mol. The minimum absolute atomic E-state index is 0.205. The van der Waals surface area contributed by atoms with Gasteiger partial charge in [-0.3, -0.25) is 4.98 Å². The summed E-state index contributed by atoms with van der Waals surface area (Å²) in [5.41, 5.74) is 6.21. The summed E-state index contributed by atoms with van der Waals surface area (Å²) in [6.45, 7) is 0. The van der Waals surface area contributed by atoms with Crippen molar-refractivity contribution in [2.24, 2.45) is 5.73 Å². The summed E-state index contributed by atoms with van der Waals surface area (Å²) in [5.74, 6) is 1.57. The van der Waals surface area contributed by atoms with E-state index in [0.717, 1.165) is 10.8 Å². The van der Waals surface area contributed by atoms with Gasteiger partial charge in [0, 0.05) is 6.20 Å². The van der Waals surface area contributed by atoms with Gasteiger partial charge in [-0.1, -0.05) is 12.2 Å². The van der Waals surface area contributed by atoms with Crippen molar-refractivity contribution in [3.05, 3.63) is 24.0 Å². The lowest BCUT2D eigenvalue weighted by Crippen LogP contribution is -2.12. The molecule has 0 spiro atoms. The molecule has 6 heteroatoms. The number of ether oxygens (including phenoxy) is 3. The predicted molar refractivity (Wildman–Crippen MR) is 77.3 cm³/mol. The molecule has 0 fully saturated rings. The summed E-state index contributed by atoms with van der Waals surface area (Å²) >= 11 is 5.03. The molecule has 5 nitrogen and oxygen atoms in total. The van der Waals surface area contributed by atoms with Gasteiger partial charge in [0.15, 0.2) is 11.5 Å². The second kappa shape index (κ2) is 5.27. The van der Waals surface area contributed by atoms with E-state index in [0.29, 0.717) is 22.9 Å². The van der Waals surface area contributed by atoms with Crippen molar-refractivity contribution in [1.29, 1.82) is 0 Å². The number of rotatable bonds is 4. The van der Waals surface area contributed by atoms with Crippen molar-refractivity contribution in [3.63, 3.8) is 0 Å². The van der Waals surface area contributed by atoms with Crippen molar-refractivity contribution >= 4 is 28.0 Å². The maximum atomic E-state index is 5.71. The molecule has 1 aromatic carbocycles. The van der Waals surface area contributed by atoms with Crippen LogP contribution in [0, 0.1) is 0 Å². The first-order valence-electron chi connectivity index (χ1n) is 5.51. The van der Waals surface area contributed by atoms with Gasteiger partial charge >= 0.3 is 0 Å². The Morgan fingerprint density at radius 1 is 1.16 bits per heavy atom. The number of fused-ring (bicyclic) bond motifs is 1. The van der Waals surface area contributed by atoms with Crippen LogP contribution in [0.3, 0.4) is 0 Å². The van der Waals surface area contributed by atoms with E-state index in [9.17, 15) is 0 Å². The molecule has 0 saturated carbocycles. The normalized spacial score (nSPS) is 10.3. The van der Waals surface area contributed by atoms with Crippen LogP contribution in [0.5, 0.6) is 17.2 Å². The Balaban J connectivity index is 2.94. The number of nitrogens with two attached hydrogens (primary N) is 1. The van der Waals surface area contributed by atoms with Crippen LogP contribution in [-0.2, 0) is 0 Å². The van der Waals surface area contributed by atoms with Crippen molar-refractivity contribution in [3.8, 4) is 17.2 Å². The molecule has 0 amide bonds. The lowest BCUT2D eigenvalue weighted by molar-refractivity contribution is 0.327. The second-order valence-electron chi connectivity index (χ2n) is 3.77. The quantitative estimate of drug-likeness (QED) is 0.862. The van der Waals surface area contributed by atoms with Crippen LogP contribution in [-0.4, -0.2) is 31.3 Å². The van der Waals surface area contributed by atoms with Crippen molar-refractivity contribution in [2.75, 3.05) is 21.3 Å². The number of benzene rings is 1. The van der Waals surface area contributed by atoms with Gasteiger partial charge in [-0.25, -0.2) is 0 Å². The Morgan fingerprint density at radius 3 is 2.37 bits per heavy atom. The molecule has 1 aromatic heterocycles. The summed E-state index contributed by atoms with van der Waals surface area (Å²) in [4.78, 5) is 4.41. The molecule has 19 heavy (non-hydrogen) atoms. The van der Waals surface area contributed by atoms with Crippen LogP contribution in [0.25, 0.3) is 10.8 Å². The standard InChI is InChI=1S/C13H14N2O3S/c1-16-8-6-7-4-5-15-10(13(14)19)9(7)12(18-3)11(8)17-2/h4-6H,1-3H3,(H2,14,19). The monoisotopic (exact) mass is 278 g/mol. The third kappa shape index (κ3) is 2.15. The first-order valence-corrected chi connectivity index (χ1v) is 5.92. The highest BCUT2D eigenvalue weighted by Crippen LogP contribution is 2.44. The molecular formula is C13H14N2O3S. The van der Waals surface area contributed by atoms with Crippen LogP contribution in [0.15, 0.2) is 18.3 Å². The minimum Gasteiger partial charge on any atom is -0.493 e. The summed E-state index contributed by atoms with van der Waals surface area (Å²) in [5, 5.41) is 1.59. The molecule has 0 radical (unpaired) electrons. The molecule has 0 bridgehead atoms. The number of hydrogen-bond donors (Lipinski definition) is 1. The van der Waals surface area contributed by atoms with Crippen LogP contribution in [0.1, 0.15) is 5.69 Å². The van der Waals surface area contributed by atoms with E-state index in [2.05, 4.69) is 4.98 Å². The predicted octanol–water partition coefficient (Wildman–Crippen LogP) is 1.89. The topological polar surface area (TPSA) is 66.6 Å². The summed E-state index contributed by atoms with van der Waals surface area (Å²) in [6.07, 6.45) is 1.64. The average Bonchev–Trinajstić information content (AvgIpc) is 2.43. The Hall–Kier alpha value is -2.08. The van der Waals surface area contributed by atoms with Crippen LogP contribution < -0.4 is 19.9 Å². The van der Waals surface area contributed by atoms with Crippen LogP contribution in [0.4, 0.5) is 0 Å². The van der Waals surface area contributed by atoms with Gasteiger partial charge in [-0.15, -0.1) is 0 Å². The maximum Gasteiger partial charge on any atom is 0.204 e. The number of thiocarbonyl (C=S) groups is 1. The van der Waals surface area contributed by atoms with E-state index in [1.165, 1.54) is 0 Å². The average molecular weight is 278 g/mol. The molecule has 0 aliphatic carbocycles. The largest absolute Gasteiger partial charge is 0.493 e. The van der Waals surface area contributed by atoms with Gasteiger partial charge in [0.25, 0.3) is 0 Å². The number of aromatic nitrogens is 1. The SMILES string of the molecule is COc1cc2ccnc(C(N)=S)c2c(OC)c1OC. The fourth-order valence-electron chi connectivity index (χ4n) is 1.99. The van der Waals surface area contributed by atoms with E-state index < -0.39 is 0 Å². The summed E-state index contributed by atoms with van der Waals surface area (Å²) in [7, 11) is 4.66. The van der Waals surface area contributed by atoms with E-state index in [1.54, 1.807) is 27.5 Å². The number of nitrogens with zero attached hydrogens (tertiary/aromatic N) is 1. The molecule has 2 aromatic rings. The highest BCUT2D eigenvalue weighted by atomic mass is 32.1. The molecule has 0 atom stereocenters. The minimum atomic E-state index is 0.205. The molecule has 100 valence electrons. The molecule has 0 aliphatic heterocycles. The lowest BCUT2D eigenvalue weighted by atomic mass is 10.1. The molecule has 2 N–H and O–H groups in total. The molecule has 0 saturated heterocycles. The third-order valence-electron chi connectivity index (χ3n) is 2.79. The Labute approximate surface area is 116 Å². The van der Waals surface area contributed by atoms with Crippen LogP contribution >= 0.6 is 12.2 Å². The number of hydrogen-bond acceptors (Lipinski definition) is 5. The van der Waals surface area contributed by atoms with E-state index in [-0.39, 0.29) is 4.99 Å². The maximum absolute atomic E-state index is 5.71. The van der Waals surface area contributed by atoms with Crippen molar-refractivity contribution in [2.45, 2.75) is 0 Å². The van der Waals surface area contributed by atoms with Gasteiger partial charge < -0.3 is 19.9 Å². The highest BCUT2D eigenvalue weighted by molar-refractivity contribution is 7.80. The molecule has 2 rings (SSSR count). The van der Waals surface area contributed by atoms with Gasteiger partial charge in [-0.2, -0.15) is 0 Å². The Kier molecular flexibility index (Phi) is 3.71. The fraction of sp³-hybridized carbons (Fsp3) is 0.231. The first kappa shape index (κ1) is 13.4. The first-order chi connectivity index (χ1) is 9.13. The molecule has 0 aliphatic rings. The Morgan fingerprint density at radius 2 is 1.84 bits per heavy atom. The van der Waals surface area contributed by atoms with E-state index in [4.69, 9.17) is 32.2 Å². The smallest absolute Gasteiger partial charge is 0.204 e. The Bertz CT molecular complexity index is 643. The van der Waals surface area contributed by atoms with Gasteiger partial charge in [0.2, 0.25) is 5.75 Å². The van der Waals surface area contributed by atoms with E-state index in [1.807, 2.05) is 12.1 Å². The van der Waals surface area contributed by atoms with Gasteiger partial charge in [0.1, 0.15) is 10.7 Å². The second-order valence-corrected chi connectivity index (χ2v) is 4.21. The summed E-state index contributed by atoms with van der Waals surface area (Å²) in [6, 6.07) is 3.67. The van der Waals surface area contributed by atoms with Crippen molar-refractivity contribution in [1.82, 2.24) is 4.98 Å². The van der Waals surface area contributed by atoms with E-state index >= 15 is 0 Å². The summed E-state index contributed by atoms with van der Waals surface area (Å²) < 4.78 is 16.1. The third-order valence-corrected chi connectivity index (χ3v) is 2.98. The highest BCUT2D eigenvalue weighted by Gasteiger charge is 2.19. The zero-order valence-electron chi connectivity index (χ0n) is 10.9. The van der Waals surface area contributed by atoms with Crippen molar-refractivity contribution < 1.29 is 14.2 Å². The molecule has 1 heterocycles. The van der Waals surface area contributed by atoms with Crippen LogP contribution in [0.2, 0.25) is 0 Å². The number of pyridine rings is 1. The van der Waals surface area contributed by atoms with Gasteiger partial charge in [-0.05, 0) is 17.5 Å².